The fraction of sp³-hybridized carbons (Fsp3) is 0.375. The molecule has 0 aromatic heterocycles. The molecule has 3 nitrogen and oxygen atoms in total. The van der Waals surface area contributed by atoms with Gasteiger partial charge in [-0.3, -0.25) is 4.79 Å². The Morgan fingerprint density at radius 2 is 1.61 bits per heavy atom. The third-order valence-corrected chi connectivity index (χ3v) is 5.74. The van der Waals surface area contributed by atoms with Crippen molar-refractivity contribution in [3.8, 4) is 0 Å². The summed E-state index contributed by atoms with van der Waals surface area (Å²) in [5, 5.41) is 4.21. The Kier molecular flexibility index (Phi) is 6.93. The second kappa shape index (κ2) is 9.40. The topological polar surface area (TPSA) is 32.3 Å². The molecule has 0 bridgehead atoms. The Morgan fingerprint density at radius 1 is 1.00 bits per heavy atom. The molecule has 2 aromatic rings. The Bertz CT molecular complexity index is 859. The highest BCUT2D eigenvalue weighted by molar-refractivity contribution is 6.32. The maximum atomic E-state index is 12.6. The lowest BCUT2D eigenvalue weighted by molar-refractivity contribution is 0.0773. The van der Waals surface area contributed by atoms with E-state index in [0.29, 0.717) is 0 Å². The number of benzene rings is 2. The number of rotatable bonds is 5. The first-order chi connectivity index (χ1) is 13.5. The number of amides is 1. The number of carbonyl (C=O) groups excluding carboxylic acids is 1. The third-order valence-electron chi connectivity index (χ3n) is 5.43. The van der Waals surface area contributed by atoms with Crippen LogP contribution < -0.4 is 5.32 Å². The molecule has 0 aliphatic carbocycles. The Morgan fingerprint density at radius 3 is 2.18 bits per heavy atom. The van der Waals surface area contributed by atoms with E-state index >= 15 is 0 Å². The van der Waals surface area contributed by atoms with Crippen LogP contribution in [-0.2, 0) is 0 Å². The summed E-state index contributed by atoms with van der Waals surface area (Å²) < 4.78 is 0. The van der Waals surface area contributed by atoms with E-state index in [-0.39, 0.29) is 5.91 Å². The van der Waals surface area contributed by atoms with Gasteiger partial charge in [0.05, 0.1) is 0 Å². The van der Waals surface area contributed by atoms with Gasteiger partial charge in [-0.05, 0) is 81.6 Å². The van der Waals surface area contributed by atoms with Crippen LogP contribution in [0.4, 0.5) is 0 Å². The maximum absolute atomic E-state index is 12.6. The molecule has 1 aliphatic rings. The molecule has 0 unspecified atom stereocenters. The fourth-order valence-electron chi connectivity index (χ4n) is 3.82. The van der Waals surface area contributed by atoms with Gasteiger partial charge in [0.25, 0.3) is 5.91 Å². The molecule has 1 N–H and O–H groups in total. The van der Waals surface area contributed by atoms with Crippen LogP contribution in [0.25, 0.3) is 5.57 Å². The normalized spacial score (nSPS) is 14.1. The Labute approximate surface area is 173 Å². The van der Waals surface area contributed by atoms with Crippen molar-refractivity contribution in [1.29, 1.82) is 0 Å². The minimum absolute atomic E-state index is 0.0842. The number of aryl methyl sites for hydroxylation is 1. The molecule has 4 heteroatoms. The monoisotopic (exact) mass is 396 g/mol. The number of hydrogen-bond acceptors (Lipinski definition) is 2. The molecule has 0 atom stereocenters. The summed E-state index contributed by atoms with van der Waals surface area (Å²) >= 11 is 6.64. The largest absolute Gasteiger partial charge is 0.339 e. The van der Waals surface area contributed by atoms with Crippen molar-refractivity contribution < 1.29 is 4.79 Å². The summed E-state index contributed by atoms with van der Waals surface area (Å²) in [5.74, 6) is 0.0842. The second-order valence-electron chi connectivity index (χ2n) is 7.27. The van der Waals surface area contributed by atoms with Gasteiger partial charge in [-0.2, -0.15) is 0 Å². The third kappa shape index (κ3) is 4.48. The second-order valence-corrected chi connectivity index (χ2v) is 7.67. The summed E-state index contributed by atoms with van der Waals surface area (Å²) in [4.78, 5) is 14.5. The van der Waals surface area contributed by atoms with E-state index in [1.165, 1.54) is 11.1 Å². The molecule has 148 valence electrons. The fourth-order valence-corrected chi connectivity index (χ4v) is 4.15. The van der Waals surface area contributed by atoms with Crippen LogP contribution in [0.2, 0.25) is 5.02 Å². The SMILES string of the molecule is CCN(CC)C(=O)c1ccc(C(=C2CCNCC2)c2ccc(C)cc2Cl)cc1. The summed E-state index contributed by atoms with van der Waals surface area (Å²) in [6.07, 6.45) is 2.03. The van der Waals surface area contributed by atoms with Crippen LogP contribution in [0.5, 0.6) is 0 Å². The molecular formula is C24H29ClN2O. The van der Waals surface area contributed by atoms with E-state index in [0.717, 1.165) is 66.3 Å². The van der Waals surface area contributed by atoms with Crippen molar-refractivity contribution in [2.75, 3.05) is 26.2 Å². The van der Waals surface area contributed by atoms with Crippen LogP contribution in [0.15, 0.2) is 48.0 Å². The Hall–Kier alpha value is -2.10. The van der Waals surface area contributed by atoms with Gasteiger partial charge in [0.1, 0.15) is 0 Å². The lowest BCUT2D eigenvalue weighted by atomic mass is 9.88. The molecule has 0 radical (unpaired) electrons. The van der Waals surface area contributed by atoms with Crippen molar-refractivity contribution in [2.24, 2.45) is 0 Å². The zero-order valence-corrected chi connectivity index (χ0v) is 17.8. The molecule has 3 rings (SSSR count). The summed E-state index contributed by atoms with van der Waals surface area (Å²) in [6.45, 7) is 9.49. The quantitative estimate of drug-likeness (QED) is 0.742. The van der Waals surface area contributed by atoms with Crippen LogP contribution >= 0.6 is 11.6 Å². The van der Waals surface area contributed by atoms with Crippen LogP contribution in [0, 0.1) is 6.92 Å². The molecular weight excluding hydrogens is 368 g/mol. The van der Waals surface area contributed by atoms with Gasteiger partial charge in [-0.1, -0.05) is 41.4 Å². The summed E-state index contributed by atoms with van der Waals surface area (Å²) in [7, 11) is 0. The zero-order chi connectivity index (χ0) is 20.1. The number of hydrogen-bond donors (Lipinski definition) is 1. The highest BCUT2D eigenvalue weighted by atomic mass is 35.5. The number of nitrogens with one attached hydrogen (secondary N) is 1. The van der Waals surface area contributed by atoms with Gasteiger partial charge < -0.3 is 10.2 Å². The van der Waals surface area contributed by atoms with Crippen LogP contribution in [0.3, 0.4) is 0 Å². The van der Waals surface area contributed by atoms with Gasteiger partial charge in [0, 0.05) is 29.2 Å². The first-order valence-electron chi connectivity index (χ1n) is 10.1. The van der Waals surface area contributed by atoms with Crippen LogP contribution in [-0.4, -0.2) is 37.0 Å². The first-order valence-corrected chi connectivity index (χ1v) is 10.5. The molecule has 1 aliphatic heterocycles. The molecule has 1 fully saturated rings. The molecule has 0 saturated carbocycles. The molecule has 2 aromatic carbocycles. The van der Waals surface area contributed by atoms with E-state index in [2.05, 4.69) is 36.5 Å². The molecule has 0 spiro atoms. The van der Waals surface area contributed by atoms with Crippen molar-refractivity contribution in [3.05, 3.63) is 75.3 Å². The van der Waals surface area contributed by atoms with E-state index in [9.17, 15) is 4.79 Å². The maximum Gasteiger partial charge on any atom is 0.253 e. The standard InChI is InChI=1S/C24H29ClN2O/c1-4-27(5-2)24(28)20-9-7-18(8-10-20)23(19-12-14-26-15-13-19)21-11-6-17(3)16-22(21)25/h6-11,16,26H,4-5,12-15H2,1-3H3. The number of halogens is 1. The predicted molar refractivity (Wildman–Crippen MR) is 118 cm³/mol. The van der Waals surface area contributed by atoms with Crippen molar-refractivity contribution in [1.82, 2.24) is 10.2 Å². The molecule has 28 heavy (non-hydrogen) atoms. The highest BCUT2D eigenvalue weighted by Crippen LogP contribution is 2.35. The number of nitrogens with zero attached hydrogens (tertiary/aromatic N) is 1. The van der Waals surface area contributed by atoms with Gasteiger partial charge >= 0.3 is 0 Å². The smallest absolute Gasteiger partial charge is 0.253 e. The first kappa shape index (κ1) is 20.6. The molecule has 1 amide bonds. The minimum Gasteiger partial charge on any atom is -0.339 e. The number of piperidine rings is 1. The highest BCUT2D eigenvalue weighted by Gasteiger charge is 2.18. The van der Waals surface area contributed by atoms with E-state index in [4.69, 9.17) is 11.6 Å². The van der Waals surface area contributed by atoms with Gasteiger partial charge in [-0.25, -0.2) is 0 Å². The van der Waals surface area contributed by atoms with Gasteiger partial charge in [-0.15, -0.1) is 0 Å². The van der Waals surface area contributed by atoms with Crippen LogP contribution in [0.1, 0.15) is 53.7 Å². The van der Waals surface area contributed by atoms with E-state index in [1.54, 1.807) is 0 Å². The molecule has 1 saturated heterocycles. The van der Waals surface area contributed by atoms with Gasteiger partial charge in [0.2, 0.25) is 0 Å². The average molecular weight is 397 g/mol. The lowest BCUT2D eigenvalue weighted by Crippen LogP contribution is -2.30. The lowest BCUT2D eigenvalue weighted by Gasteiger charge is -2.22. The zero-order valence-electron chi connectivity index (χ0n) is 17.0. The summed E-state index contributed by atoms with van der Waals surface area (Å²) in [6, 6.07) is 14.3. The summed E-state index contributed by atoms with van der Waals surface area (Å²) in [5.41, 5.74) is 6.73. The van der Waals surface area contributed by atoms with Gasteiger partial charge in [0.15, 0.2) is 0 Å². The predicted octanol–water partition coefficient (Wildman–Crippen LogP) is 5.32. The van der Waals surface area contributed by atoms with Crippen molar-refractivity contribution in [3.63, 3.8) is 0 Å². The molecule has 1 heterocycles. The van der Waals surface area contributed by atoms with E-state index < -0.39 is 0 Å². The average Bonchev–Trinajstić information content (AvgIpc) is 2.72. The van der Waals surface area contributed by atoms with Crippen molar-refractivity contribution in [2.45, 2.75) is 33.6 Å². The Balaban J connectivity index is 2.03. The van der Waals surface area contributed by atoms with E-state index in [1.807, 2.05) is 36.9 Å². The number of carbonyl (C=O) groups is 1. The van der Waals surface area contributed by atoms with Crippen molar-refractivity contribution >= 4 is 23.1 Å². The minimum atomic E-state index is 0.0842.